The molecule has 122 valence electrons. The predicted octanol–water partition coefficient (Wildman–Crippen LogP) is -2.45. The number of piperidine rings is 1. The summed E-state index contributed by atoms with van der Waals surface area (Å²) < 4.78 is 0. The number of hydrogen-bond donors (Lipinski definition) is 4. The molecule has 1 rings (SSSR count). The second-order valence-corrected chi connectivity index (χ2v) is 4.69. The molecule has 0 saturated carbocycles. The number of nitrogens with one attached hydrogen (secondary N) is 1. The number of amidine groups is 1. The monoisotopic (exact) mass is 313 g/mol. The van der Waals surface area contributed by atoms with E-state index in [1.807, 2.05) is 0 Å². The third-order valence-electron chi connectivity index (χ3n) is 3.27. The highest BCUT2D eigenvalue weighted by atomic mass is 16.6. The lowest BCUT2D eigenvalue weighted by Crippen LogP contribution is -2.56. The highest BCUT2D eigenvalue weighted by molar-refractivity contribution is 6.36. The number of amides is 1. The van der Waals surface area contributed by atoms with Crippen LogP contribution in [0.1, 0.15) is 12.8 Å². The quantitative estimate of drug-likeness (QED) is 0.145. The minimum Gasteiger partial charge on any atom is -0.475 e. The smallest absolute Gasteiger partial charge is 0.375 e. The molecule has 0 spiro atoms. The zero-order valence-electron chi connectivity index (χ0n) is 12.1. The largest absolute Gasteiger partial charge is 0.475 e. The van der Waals surface area contributed by atoms with Crippen molar-refractivity contribution in [2.24, 2.45) is 16.8 Å². The average Bonchev–Trinajstić information content (AvgIpc) is 2.48. The summed E-state index contributed by atoms with van der Waals surface area (Å²) in [4.78, 5) is 29.3. The van der Waals surface area contributed by atoms with E-state index < -0.39 is 23.8 Å². The Kier molecular flexibility index (Phi) is 6.67. The number of aliphatic carboxylic acids is 1. The van der Waals surface area contributed by atoms with Gasteiger partial charge in [-0.2, -0.15) is 15.8 Å². The first kappa shape index (κ1) is 17.8. The van der Waals surface area contributed by atoms with E-state index in [2.05, 4.69) is 16.7 Å². The first-order chi connectivity index (χ1) is 10.4. The van der Waals surface area contributed by atoms with Gasteiger partial charge < -0.3 is 15.8 Å². The number of carboxylic acid groups (broad SMARTS) is 1. The maximum atomic E-state index is 12.0. The van der Waals surface area contributed by atoms with E-state index in [4.69, 9.17) is 26.9 Å². The van der Waals surface area contributed by atoms with Crippen molar-refractivity contribution in [1.82, 2.24) is 15.4 Å². The number of carbonyl (C=O) groups excluding carboxylic acids is 1. The molecular weight excluding hydrogens is 294 g/mol. The molecule has 1 aliphatic rings. The molecule has 0 aliphatic carbocycles. The van der Waals surface area contributed by atoms with Gasteiger partial charge in [0, 0.05) is 12.6 Å². The molecule has 11 heteroatoms. The summed E-state index contributed by atoms with van der Waals surface area (Å²) in [5.74, 6) is 7.29. The second kappa shape index (κ2) is 8.25. The molecule has 11 nitrogen and oxygen atoms in total. The lowest BCUT2D eigenvalue weighted by Gasteiger charge is -2.36. The van der Waals surface area contributed by atoms with E-state index in [0.717, 1.165) is 0 Å². The number of nitrogens with zero attached hydrogens (tertiary/aromatic N) is 4. The molecule has 2 unspecified atom stereocenters. The van der Waals surface area contributed by atoms with Crippen LogP contribution in [-0.4, -0.2) is 65.0 Å². The Balaban J connectivity index is 2.74. The Labute approximate surface area is 127 Å². The summed E-state index contributed by atoms with van der Waals surface area (Å²) in [6.07, 6.45) is 1.26. The lowest BCUT2D eigenvalue weighted by atomic mass is 9.99. The van der Waals surface area contributed by atoms with Gasteiger partial charge in [-0.15, -0.1) is 0 Å². The normalized spacial score (nSPS) is 22.9. The van der Waals surface area contributed by atoms with Crippen LogP contribution in [0.2, 0.25) is 0 Å². The molecule has 1 heterocycles. The van der Waals surface area contributed by atoms with Crippen molar-refractivity contribution in [1.29, 1.82) is 5.26 Å². The van der Waals surface area contributed by atoms with Gasteiger partial charge in [-0.1, -0.05) is 0 Å². The fourth-order valence-corrected chi connectivity index (χ4v) is 2.22. The van der Waals surface area contributed by atoms with Crippen LogP contribution in [0.5, 0.6) is 0 Å². The molecular formula is C11H19N7O4. The van der Waals surface area contributed by atoms with E-state index in [9.17, 15) is 9.59 Å². The van der Waals surface area contributed by atoms with Crippen molar-refractivity contribution in [3.63, 3.8) is 0 Å². The number of hydrogen-bond acceptors (Lipinski definition) is 9. The van der Waals surface area contributed by atoms with Crippen LogP contribution in [0, 0.1) is 11.3 Å². The van der Waals surface area contributed by atoms with Crippen LogP contribution in [0.15, 0.2) is 5.10 Å². The van der Waals surface area contributed by atoms with Gasteiger partial charge in [0.2, 0.25) is 0 Å². The number of carbonyl (C=O) groups is 2. The SMILES string of the molecule is CONC1CCC(C#N)N(CC(=O)N(N)/C(=N\N)C(=O)O)C1. The first-order valence-electron chi connectivity index (χ1n) is 6.45. The molecule has 0 aromatic heterocycles. The zero-order valence-corrected chi connectivity index (χ0v) is 12.1. The van der Waals surface area contributed by atoms with Crippen molar-refractivity contribution in [3.8, 4) is 6.07 Å². The predicted molar refractivity (Wildman–Crippen MR) is 74.4 cm³/mol. The van der Waals surface area contributed by atoms with E-state index >= 15 is 0 Å². The van der Waals surface area contributed by atoms with E-state index in [1.165, 1.54) is 7.11 Å². The lowest BCUT2D eigenvalue weighted by molar-refractivity contribution is -0.135. The van der Waals surface area contributed by atoms with Crippen LogP contribution >= 0.6 is 0 Å². The molecule has 0 aromatic carbocycles. The Morgan fingerprint density at radius 2 is 2.27 bits per heavy atom. The van der Waals surface area contributed by atoms with Crippen LogP contribution in [0.4, 0.5) is 0 Å². The van der Waals surface area contributed by atoms with Gasteiger partial charge in [0.15, 0.2) is 0 Å². The Bertz CT molecular complexity index is 489. The third kappa shape index (κ3) is 4.37. The van der Waals surface area contributed by atoms with E-state index in [0.29, 0.717) is 24.4 Å². The van der Waals surface area contributed by atoms with Crippen molar-refractivity contribution in [3.05, 3.63) is 0 Å². The topological polar surface area (TPSA) is 170 Å². The summed E-state index contributed by atoms with van der Waals surface area (Å²) in [5, 5.41) is 21.3. The highest BCUT2D eigenvalue weighted by Gasteiger charge is 2.32. The van der Waals surface area contributed by atoms with Gasteiger partial charge in [-0.05, 0) is 12.8 Å². The van der Waals surface area contributed by atoms with Gasteiger partial charge in [-0.3, -0.25) is 9.69 Å². The van der Waals surface area contributed by atoms with Crippen LogP contribution < -0.4 is 17.2 Å². The summed E-state index contributed by atoms with van der Waals surface area (Å²) in [5.41, 5.74) is 2.77. The van der Waals surface area contributed by atoms with Gasteiger partial charge in [0.1, 0.15) is 0 Å². The fourth-order valence-electron chi connectivity index (χ4n) is 2.22. The van der Waals surface area contributed by atoms with Gasteiger partial charge in [0.25, 0.3) is 11.7 Å². The molecule has 0 aromatic rings. The molecule has 0 bridgehead atoms. The van der Waals surface area contributed by atoms with Gasteiger partial charge in [0.05, 0.1) is 25.8 Å². The van der Waals surface area contributed by atoms with E-state index in [-0.39, 0.29) is 12.6 Å². The molecule has 6 N–H and O–H groups in total. The molecule has 1 aliphatic heterocycles. The molecule has 2 atom stereocenters. The number of carboxylic acids is 1. The Hall–Kier alpha value is -2.26. The van der Waals surface area contributed by atoms with Gasteiger partial charge in [-0.25, -0.2) is 15.6 Å². The number of hydrazone groups is 1. The summed E-state index contributed by atoms with van der Waals surface area (Å²) >= 11 is 0. The Morgan fingerprint density at radius 1 is 1.59 bits per heavy atom. The molecule has 22 heavy (non-hydrogen) atoms. The van der Waals surface area contributed by atoms with E-state index in [1.54, 1.807) is 4.90 Å². The average molecular weight is 313 g/mol. The number of hydroxylamine groups is 1. The molecule has 1 saturated heterocycles. The van der Waals surface area contributed by atoms with Crippen molar-refractivity contribution in [2.45, 2.75) is 24.9 Å². The second-order valence-electron chi connectivity index (χ2n) is 4.69. The Morgan fingerprint density at radius 3 is 2.77 bits per heavy atom. The number of nitriles is 1. The maximum absolute atomic E-state index is 12.0. The third-order valence-corrected chi connectivity index (χ3v) is 3.27. The standard InChI is InChI=1S/C11H19N7O4/c1-22-16-7-2-3-8(4-12)17(5-7)6-9(19)18(14)10(15-13)11(20)21/h7-8,16H,2-3,5-6,13-14H2,1H3,(H,20,21)/b15-10-. The minimum absolute atomic E-state index is 0.0456. The highest BCUT2D eigenvalue weighted by Crippen LogP contribution is 2.17. The van der Waals surface area contributed by atoms with Crippen molar-refractivity contribution in [2.75, 3.05) is 20.2 Å². The summed E-state index contributed by atoms with van der Waals surface area (Å²) in [6, 6.07) is 1.59. The molecule has 1 amide bonds. The van der Waals surface area contributed by atoms with Crippen LogP contribution in [0.3, 0.4) is 0 Å². The fraction of sp³-hybridized carbons (Fsp3) is 0.636. The number of nitrogens with two attached hydrogens (primary N) is 2. The minimum atomic E-state index is -1.52. The number of hydrazine groups is 1. The number of likely N-dealkylation sites (tertiary alicyclic amines) is 1. The van der Waals surface area contributed by atoms with Crippen LogP contribution in [-0.2, 0) is 14.4 Å². The number of rotatable bonds is 4. The maximum Gasteiger partial charge on any atom is 0.375 e. The van der Waals surface area contributed by atoms with Gasteiger partial charge >= 0.3 is 5.97 Å². The molecule has 0 radical (unpaired) electrons. The van der Waals surface area contributed by atoms with Crippen LogP contribution in [0.25, 0.3) is 0 Å². The summed E-state index contributed by atoms with van der Waals surface area (Å²) in [7, 11) is 1.48. The molecule has 1 fully saturated rings. The van der Waals surface area contributed by atoms with Crippen molar-refractivity contribution < 1.29 is 19.5 Å². The zero-order chi connectivity index (χ0) is 16.7. The van der Waals surface area contributed by atoms with Crippen molar-refractivity contribution >= 4 is 17.7 Å². The summed E-state index contributed by atoms with van der Waals surface area (Å²) in [6.45, 7) is 0.150. The first-order valence-corrected chi connectivity index (χ1v) is 6.45.